The van der Waals surface area contributed by atoms with Crippen LogP contribution >= 0.6 is 0 Å². The first-order valence-electron chi connectivity index (χ1n) is 30.0. The monoisotopic (exact) mass is 780 g/mol. The van der Waals surface area contributed by atoms with Crippen LogP contribution in [0, 0.1) is 355 Å². The van der Waals surface area contributed by atoms with E-state index in [0.717, 1.165) is 0 Å². The van der Waals surface area contributed by atoms with E-state index in [1.54, 1.807) is 0 Å². The average molecular weight is 781 g/mol. The molecule has 0 nitrogen and oxygen atoms in total. The molecule has 0 heterocycles. The largest absolute Gasteiger partial charge is 0.0312 e. The molecule has 0 N–H and O–H groups in total. The third kappa shape index (κ3) is 1.45. The molecule has 30 aliphatic carbocycles. The lowest BCUT2D eigenvalue weighted by atomic mass is 9.39. The van der Waals surface area contributed by atoms with E-state index in [2.05, 4.69) is 0 Å². The van der Waals surface area contributed by atoms with Crippen LogP contribution in [0.3, 0.4) is 0 Å². The summed E-state index contributed by atoms with van der Waals surface area (Å²) in [6.45, 7) is 0. The predicted octanol–water partition coefficient (Wildman–Crippen LogP) is 7.38. The molecule has 0 aromatic heterocycles. The first-order chi connectivity index (χ1) is 30.0. The molecule has 60 heavy (non-hydrogen) atoms. The van der Waals surface area contributed by atoms with Crippen LogP contribution in [0.5, 0.6) is 0 Å². The van der Waals surface area contributed by atoms with Crippen molar-refractivity contribution in [3.63, 3.8) is 0 Å². The van der Waals surface area contributed by atoms with Crippen molar-refractivity contribution in [2.45, 2.75) is 0 Å². The second kappa shape index (κ2) is 6.13. The van der Waals surface area contributed by atoms with Gasteiger partial charge in [-0.3, -0.25) is 0 Å². The number of hydrogen-bond donors (Lipinski definition) is 0. The van der Waals surface area contributed by atoms with Gasteiger partial charge in [-0.25, -0.2) is 0 Å². The zero-order valence-electron chi connectivity index (χ0n) is 34.6. The number of rotatable bonds is 0. The van der Waals surface area contributed by atoms with Gasteiger partial charge in [-0.2, -0.15) is 0 Å². The summed E-state index contributed by atoms with van der Waals surface area (Å²) in [5, 5.41) is 0. The molecule has 0 heteroatoms. The number of hydrogen-bond acceptors (Lipinski definition) is 0. The van der Waals surface area contributed by atoms with Crippen LogP contribution in [-0.4, -0.2) is 0 Å². The van der Waals surface area contributed by atoms with Gasteiger partial charge in [0, 0.05) is 0 Å². The van der Waals surface area contributed by atoms with Gasteiger partial charge in [0.15, 0.2) is 0 Å². The molecule has 0 atom stereocenters. The van der Waals surface area contributed by atoms with Crippen LogP contribution < -0.4 is 0 Å². The van der Waals surface area contributed by atoms with Gasteiger partial charge in [0.05, 0.1) is 0 Å². The minimum absolute atomic E-state index is 1.33. The maximum Gasteiger partial charge on any atom is -0.0312 e. The van der Waals surface area contributed by atoms with Gasteiger partial charge in [0.1, 0.15) is 0 Å². The van der Waals surface area contributed by atoms with Gasteiger partial charge in [-0.15, -0.1) is 0 Å². The Balaban J connectivity index is 0.942. The lowest BCUT2D eigenvalue weighted by molar-refractivity contribution is -0.183. The Hall–Kier alpha value is 0. The van der Waals surface area contributed by atoms with E-state index in [-0.39, 0.29) is 0 Å². The maximum atomic E-state index is 1.33. The fraction of sp³-hybridized carbons (Fsp3) is 1.00. The lowest BCUT2D eigenvalue weighted by Crippen LogP contribution is -2.62. The molecule has 30 aliphatic rings. The van der Waals surface area contributed by atoms with Crippen LogP contribution in [0.15, 0.2) is 0 Å². The summed E-state index contributed by atoms with van der Waals surface area (Å²) in [5.41, 5.74) is 0. The van der Waals surface area contributed by atoms with E-state index < -0.39 is 0 Å². The molecule has 0 unspecified atom stereocenters. The van der Waals surface area contributed by atoms with E-state index in [9.17, 15) is 0 Å². The van der Waals surface area contributed by atoms with Crippen molar-refractivity contribution in [2.24, 2.45) is 355 Å². The second-order valence-corrected chi connectivity index (χ2v) is 34.6. The summed E-state index contributed by atoms with van der Waals surface area (Å²) in [6.07, 6.45) is 0. The Morgan fingerprint density at radius 2 is 0.0500 bits per heavy atom. The highest BCUT2D eigenvalue weighted by molar-refractivity contribution is 5.49. The third-order valence-corrected chi connectivity index (χ3v) is 40.0. The normalized spacial score (nSPS) is 108. The molecule has 0 saturated heterocycles. The van der Waals surface area contributed by atoms with Crippen molar-refractivity contribution in [1.82, 2.24) is 0 Å². The summed E-state index contributed by atoms with van der Waals surface area (Å²) in [6, 6.07) is 0. The fourth-order valence-electron chi connectivity index (χ4n) is 46.2. The molecule has 300 valence electrons. The highest BCUT2D eigenvalue weighted by Crippen LogP contribution is 3.06. The summed E-state index contributed by atoms with van der Waals surface area (Å²) >= 11 is 0. The van der Waals surface area contributed by atoms with Crippen molar-refractivity contribution < 1.29 is 0 Å². The molecule has 0 amide bonds. The first kappa shape index (κ1) is 25.8. The summed E-state index contributed by atoms with van der Waals surface area (Å²) < 4.78 is 0. The molecule has 0 radical (unpaired) electrons. The Morgan fingerprint density at radius 3 is 0.0667 bits per heavy atom. The van der Waals surface area contributed by atoms with Crippen molar-refractivity contribution in [3.8, 4) is 0 Å². The molecule has 0 bridgehead atoms. The van der Waals surface area contributed by atoms with Gasteiger partial charge in [-0.1, -0.05) is 0 Å². The second-order valence-electron chi connectivity index (χ2n) is 34.6. The molecular formula is C60H60. The fourth-order valence-corrected chi connectivity index (χ4v) is 46.2. The standard InChI is InChI=1S/C60H60/c1-2-22-25-9-10-29-26(22)6-8-31-33(29)15-17-37-34(31)16-18-39-36-14-12-32-28-4-3-23-21(1)24(25)5-7-27(23)30(28)11-13-35(32)38(36)19-20(40(37)39)50(17)59-57(46(8)16)55(47(10)15)52(42(2)6)53(44(5)9)51(41(1)3)54(45(7)11)56(43(4)12)58(48(13)19)60(59)49(14)18/h1-60H. The zero-order valence-corrected chi connectivity index (χ0v) is 34.6. The predicted molar refractivity (Wildman–Crippen MR) is 209 cm³/mol. The smallest absolute Gasteiger partial charge is 0.0312 e. The molecule has 0 aromatic carbocycles. The molecule has 30 fully saturated rings. The summed E-state index contributed by atoms with van der Waals surface area (Å²) in [5.74, 6) is 80.0. The van der Waals surface area contributed by atoms with E-state index in [1.165, 1.54) is 355 Å². The first-order valence-corrected chi connectivity index (χ1v) is 30.0. The highest BCUT2D eigenvalue weighted by atomic mass is 15.1. The molecule has 30 rings (SSSR count). The van der Waals surface area contributed by atoms with Crippen molar-refractivity contribution in [2.75, 3.05) is 0 Å². The SMILES string of the molecule is C12C3C4C5C6C7C8C9C%10C%11C%12C%13C%14C%15C%16C%17C%18C%19C%20C1C1C4C4C5C8C5C9C%12C8C%13C%16C9C%17C%20C1C1C%12C%13C2C%19C2C%18C%15C%15C%14C%11C%11C%10C7C(C6C3%13)C(C4%12)C5C%11C8C%15C9C21. The van der Waals surface area contributed by atoms with E-state index in [1.807, 2.05) is 0 Å². The van der Waals surface area contributed by atoms with Crippen LogP contribution in [0.1, 0.15) is 0 Å². The van der Waals surface area contributed by atoms with Crippen LogP contribution in [0.25, 0.3) is 0 Å². The van der Waals surface area contributed by atoms with Gasteiger partial charge < -0.3 is 0 Å². The van der Waals surface area contributed by atoms with Gasteiger partial charge in [0.25, 0.3) is 0 Å². The summed E-state index contributed by atoms with van der Waals surface area (Å²) in [7, 11) is 0. The quantitative estimate of drug-likeness (QED) is 0.241. The van der Waals surface area contributed by atoms with Crippen LogP contribution in [-0.2, 0) is 0 Å². The van der Waals surface area contributed by atoms with Gasteiger partial charge in [0.2, 0.25) is 0 Å². The molecular weight excluding hydrogens is 721 g/mol. The van der Waals surface area contributed by atoms with Crippen molar-refractivity contribution in [1.29, 1.82) is 0 Å². The Labute approximate surface area is 353 Å². The molecule has 0 aliphatic heterocycles. The highest BCUT2D eigenvalue weighted by Gasteiger charge is 3.02. The van der Waals surface area contributed by atoms with Crippen molar-refractivity contribution in [3.05, 3.63) is 0 Å². The molecule has 0 aromatic rings. The molecule has 0 spiro atoms. The van der Waals surface area contributed by atoms with Gasteiger partial charge in [-0.05, 0) is 355 Å². The van der Waals surface area contributed by atoms with E-state index in [0.29, 0.717) is 0 Å². The Morgan fingerprint density at radius 1 is 0.0333 bits per heavy atom. The topological polar surface area (TPSA) is 0 Å². The Bertz CT molecular complexity index is 1900. The van der Waals surface area contributed by atoms with Gasteiger partial charge >= 0.3 is 0 Å². The zero-order chi connectivity index (χ0) is 34.6. The maximum absolute atomic E-state index is 1.33. The van der Waals surface area contributed by atoms with Crippen LogP contribution in [0.2, 0.25) is 0 Å². The summed E-state index contributed by atoms with van der Waals surface area (Å²) in [4.78, 5) is 0. The third-order valence-electron chi connectivity index (χ3n) is 40.0. The van der Waals surface area contributed by atoms with E-state index in [4.69, 9.17) is 0 Å². The Kier molecular flexibility index (Phi) is 2.63. The van der Waals surface area contributed by atoms with Crippen LogP contribution in [0.4, 0.5) is 0 Å². The molecule has 30 saturated carbocycles. The lowest BCUT2D eigenvalue weighted by Gasteiger charge is -2.65. The van der Waals surface area contributed by atoms with Crippen molar-refractivity contribution >= 4 is 0 Å². The minimum Gasteiger partial charge on any atom is -0.0312 e. The van der Waals surface area contributed by atoms with E-state index >= 15 is 0 Å². The average Bonchev–Trinajstić information content (AvgIpc) is 4.07. The minimum atomic E-state index is 1.33.